The summed E-state index contributed by atoms with van der Waals surface area (Å²) >= 11 is 0. The van der Waals surface area contributed by atoms with E-state index < -0.39 is 58.7 Å². The van der Waals surface area contributed by atoms with Gasteiger partial charge in [-0.25, -0.2) is 0 Å². The maximum Gasteiger partial charge on any atom is 0.309 e. The van der Waals surface area contributed by atoms with Crippen molar-refractivity contribution in [1.82, 2.24) is 0 Å². The van der Waals surface area contributed by atoms with E-state index in [4.69, 9.17) is 9.47 Å². The van der Waals surface area contributed by atoms with Gasteiger partial charge in [0.2, 0.25) is 0 Å². The van der Waals surface area contributed by atoms with Gasteiger partial charge in [0.05, 0.1) is 29.0 Å². The smallest absolute Gasteiger partial charge is 0.309 e. The van der Waals surface area contributed by atoms with Crippen molar-refractivity contribution in [3.05, 3.63) is 12.2 Å². The highest BCUT2D eigenvalue weighted by molar-refractivity contribution is 5.76. The Hall–Kier alpha value is -1.44. The van der Waals surface area contributed by atoms with E-state index in [0.29, 0.717) is 6.42 Å². The van der Waals surface area contributed by atoms with Gasteiger partial charge in [-0.2, -0.15) is 0 Å². The molecule has 0 aromatic rings. The number of rotatable bonds is 3. The summed E-state index contributed by atoms with van der Waals surface area (Å²) in [5.74, 6) is -3.31. The van der Waals surface area contributed by atoms with Crippen LogP contribution in [-0.2, 0) is 19.1 Å². The predicted octanol–water partition coefficient (Wildman–Crippen LogP) is 0.945. The minimum Gasteiger partial charge on any atom is -0.462 e. The van der Waals surface area contributed by atoms with E-state index in [1.807, 2.05) is 6.92 Å². The van der Waals surface area contributed by atoms with Crippen LogP contribution >= 0.6 is 0 Å². The molecule has 3 aliphatic rings. The van der Waals surface area contributed by atoms with Gasteiger partial charge in [-0.05, 0) is 20.3 Å². The van der Waals surface area contributed by atoms with Crippen LogP contribution in [0.2, 0.25) is 0 Å². The fourth-order valence-electron chi connectivity index (χ4n) is 4.88. The molecule has 0 amide bonds. The first-order valence-corrected chi connectivity index (χ1v) is 9.64. The van der Waals surface area contributed by atoms with Gasteiger partial charge in [0, 0.05) is 12.3 Å². The monoisotopic (exact) mass is 382 g/mol. The molecule has 7 heteroatoms. The Labute approximate surface area is 159 Å². The zero-order valence-corrected chi connectivity index (χ0v) is 16.5. The van der Waals surface area contributed by atoms with Gasteiger partial charge in [0.1, 0.15) is 17.8 Å². The lowest BCUT2D eigenvalue weighted by Gasteiger charge is -2.44. The van der Waals surface area contributed by atoms with E-state index in [0.717, 1.165) is 0 Å². The lowest BCUT2D eigenvalue weighted by Crippen LogP contribution is -2.60. The van der Waals surface area contributed by atoms with Gasteiger partial charge >= 0.3 is 11.9 Å². The Morgan fingerprint density at radius 2 is 1.96 bits per heavy atom. The first-order chi connectivity index (χ1) is 12.4. The topological polar surface area (TPSA) is 113 Å². The zero-order valence-electron chi connectivity index (χ0n) is 16.5. The van der Waals surface area contributed by atoms with Gasteiger partial charge in [-0.3, -0.25) is 9.59 Å². The molecule has 1 saturated carbocycles. The molecule has 2 aliphatic carbocycles. The molecule has 0 radical (unpaired) electrons. The van der Waals surface area contributed by atoms with Crippen molar-refractivity contribution < 1.29 is 34.4 Å². The summed E-state index contributed by atoms with van der Waals surface area (Å²) < 4.78 is 11.3. The number of esters is 2. The second-order valence-electron chi connectivity index (χ2n) is 8.89. The third-order valence-corrected chi connectivity index (χ3v) is 6.86. The van der Waals surface area contributed by atoms with Crippen molar-refractivity contribution >= 4 is 11.9 Å². The summed E-state index contributed by atoms with van der Waals surface area (Å²) in [6.45, 7) is 8.29. The number of aliphatic hydroxyl groups is 3. The van der Waals surface area contributed by atoms with Crippen LogP contribution in [0.25, 0.3) is 0 Å². The van der Waals surface area contributed by atoms with E-state index in [-0.39, 0.29) is 12.3 Å². The highest BCUT2D eigenvalue weighted by Gasteiger charge is 2.69. The van der Waals surface area contributed by atoms with Crippen LogP contribution in [0.4, 0.5) is 0 Å². The Morgan fingerprint density at radius 3 is 2.56 bits per heavy atom. The lowest BCUT2D eigenvalue weighted by molar-refractivity contribution is -0.191. The molecule has 0 aromatic carbocycles. The van der Waals surface area contributed by atoms with Gasteiger partial charge < -0.3 is 24.8 Å². The molecule has 9 unspecified atom stereocenters. The molecule has 7 nitrogen and oxygen atoms in total. The van der Waals surface area contributed by atoms with Gasteiger partial charge in [-0.1, -0.05) is 32.9 Å². The van der Waals surface area contributed by atoms with Crippen LogP contribution < -0.4 is 0 Å². The third kappa shape index (κ3) is 2.91. The maximum absolute atomic E-state index is 12.4. The largest absolute Gasteiger partial charge is 0.462 e. The van der Waals surface area contributed by atoms with Gasteiger partial charge in [0.25, 0.3) is 0 Å². The summed E-state index contributed by atoms with van der Waals surface area (Å²) in [7, 11) is 0. The molecule has 3 N–H and O–H groups in total. The Balaban J connectivity index is 2.06. The predicted molar refractivity (Wildman–Crippen MR) is 95.3 cm³/mol. The first kappa shape index (κ1) is 20.3. The molecule has 9 atom stereocenters. The fraction of sp³-hybridized carbons (Fsp3) is 0.800. The van der Waals surface area contributed by atoms with E-state index in [9.17, 15) is 24.9 Å². The highest BCUT2D eigenvalue weighted by Crippen LogP contribution is 2.55. The van der Waals surface area contributed by atoms with Crippen molar-refractivity contribution in [1.29, 1.82) is 0 Å². The number of carbonyl (C=O) groups excluding carboxylic acids is 2. The molecule has 1 saturated heterocycles. The molecular formula is C20H30O7. The molecule has 27 heavy (non-hydrogen) atoms. The Bertz CT molecular complexity index is 667. The molecular weight excluding hydrogens is 352 g/mol. The van der Waals surface area contributed by atoms with Crippen LogP contribution in [0.5, 0.6) is 0 Å². The second-order valence-corrected chi connectivity index (χ2v) is 8.89. The van der Waals surface area contributed by atoms with Crippen LogP contribution in [0, 0.1) is 23.7 Å². The van der Waals surface area contributed by atoms with E-state index >= 15 is 0 Å². The summed E-state index contributed by atoms with van der Waals surface area (Å²) in [5.41, 5.74) is -4.99. The SMILES string of the molecule is CCC(C)C(=O)OC1CC(C)(O)C2(O)C=CC(C)(O)C2C2OC(=O)C(C)C12. The minimum atomic E-state index is -1.82. The zero-order chi connectivity index (χ0) is 20.4. The number of carbonyl (C=O) groups is 2. The molecule has 0 aromatic heterocycles. The molecule has 1 aliphatic heterocycles. The van der Waals surface area contributed by atoms with Crippen molar-refractivity contribution in [2.75, 3.05) is 0 Å². The fourth-order valence-corrected chi connectivity index (χ4v) is 4.88. The van der Waals surface area contributed by atoms with Crippen LogP contribution in [0.1, 0.15) is 47.5 Å². The van der Waals surface area contributed by atoms with Crippen LogP contribution in [0.15, 0.2) is 12.2 Å². The van der Waals surface area contributed by atoms with E-state index in [1.54, 1.807) is 13.8 Å². The van der Waals surface area contributed by atoms with Crippen LogP contribution in [-0.4, -0.2) is 56.3 Å². The second kappa shape index (κ2) is 6.29. The summed E-state index contributed by atoms with van der Waals surface area (Å²) in [6, 6.07) is 0. The molecule has 0 spiro atoms. The standard InChI is InChI=1S/C20H30O7/c1-6-10(2)16(21)26-12-9-19(5,24)20(25)8-7-18(4,23)15(20)14-13(12)11(3)17(22)27-14/h7-8,10-15,23-25H,6,9H2,1-5H3. The average molecular weight is 382 g/mol. The van der Waals surface area contributed by atoms with Crippen molar-refractivity contribution in [2.45, 2.75) is 76.5 Å². The van der Waals surface area contributed by atoms with Crippen molar-refractivity contribution in [3.8, 4) is 0 Å². The Kier molecular flexibility index (Phi) is 4.73. The molecule has 2 fully saturated rings. The molecule has 152 valence electrons. The van der Waals surface area contributed by atoms with Gasteiger partial charge in [-0.15, -0.1) is 0 Å². The molecule has 1 heterocycles. The molecule has 0 bridgehead atoms. The summed E-state index contributed by atoms with van der Waals surface area (Å²) in [4.78, 5) is 24.8. The third-order valence-electron chi connectivity index (χ3n) is 6.86. The highest BCUT2D eigenvalue weighted by atomic mass is 16.6. The van der Waals surface area contributed by atoms with Crippen LogP contribution in [0.3, 0.4) is 0 Å². The average Bonchev–Trinajstić information content (AvgIpc) is 2.96. The number of ether oxygens (including phenoxy) is 2. The minimum absolute atomic E-state index is 0.0647. The van der Waals surface area contributed by atoms with Crippen molar-refractivity contribution in [3.63, 3.8) is 0 Å². The number of fused-ring (bicyclic) bond motifs is 3. The Morgan fingerprint density at radius 1 is 1.33 bits per heavy atom. The normalized spacial score (nSPS) is 49.8. The van der Waals surface area contributed by atoms with Gasteiger partial charge in [0.15, 0.2) is 0 Å². The summed E-state index contributed by atoms with van der Waals surface area (Å²) in [6.07, 6.45) is 1.66. The van der Waals surface area contributed by atoms with E-state index in [2.05, 4.69) is 0 Å². The quantitative estimate of drug-likeness (QED) is 0.492. The first-order valence-electron chi connectivity index (χ1n) is 9.64. The van der Waals surface area contributed by atoms with Crippen molar-refractivity contribution in [2.24, 2.45) is 23.7 Å². The maximum atomic E-state index is 12.4. The van der Waals surface area contributed by atoms with E-state index in [1.165, 1.54) is 26.0 Å². The lowest BCUT2D eigenvalue weighted by atomic mass is 9.70. The number of hydrogen-bond acceptors (Lipinski definition) is 7. The number of hydrogen-bond donors (Lipinski definition) is 3. The molecule has 3 rings (SSSR count). The summed E-state index contributed by atoms with van der Waals surface area (Å²) in [5, 5.41) is 33.4.